The maximum atomic E-state index is 11.5. The Labute approximate surface area is 114 Å². The molecule has 0 aliphatic carbocycles. The zero-order chi connectivity index (χ0) is 14.0. The summed E-state index contributed by atoms with van der Waals surface area (Å²) in [4.78, 5) is 13.7. The maximum Gasteiger partial charge on any atom is 0.161 e. The molecule has 1 aromatic carbocycles. The van der Waals surface area contributed by atoms with E-state index in [0.717, 1.165) is 24.5 Å². The number of hydrogen-bond acceptors (Lipinski definition) is 4. The highest BCUT2D eigenvalue weighted by Gasteiger charge is 2.27. The van der Waals surface area contributed by atoms with Crippen LogP contribution >= 0.6 is 0 Å². The van der Waals surface area contributed by atoms with E-state index in [1.54, 1.807) is 21.1 Å². The summed E-state index contributed by atoms with van der Waals surface area (Å²) < 4.78 is 10.7. The van der Waals surface area contributed by atoms with Gasteiger partial charge in [-0.25, -0.2) is 0 Å². The van der Waals surface area contributed by atoms with Crippen LogP contribution in [0.4, 0.5) is 0 Å². The second-order valence-corrected chi connectivity index (χ2v) is 5.06. The van der Waals surface area contributed by atoms with Crippen molar-refractivity contribution in [2.75, 3.05) is 27.8 Å². The van der Waals surface area contributed by atoms with Crippen LogP contribution in [0.5, 0.6) is 11.5 Å². The third-order valence-corrected chi connectivity index (χ3v) is 3.75. The van der Waals surface area contributed by atoms with Crippen molar-refractivity contribution in [3.63, 3.8) is 0 Å². The van der Waals surface area contributed by atoms with Crippen molar-refractivity contribution in [2.45, 2.75) is 25.8 Å². The number of likely N-dealkylation sites (N-methyl/N-ethyl adjacent to an activating group) is 1. The van der Waals surface area contributed by atoms with Gasteiger partial charge < -0.3 is 9.47 Å². The highest BCUT2D eigenvalue weighted by Crippen LogP contribution is 2.38. The number of Topliss-reactive ketones (excluding diaryl/α,β-unsaturated/α-hetero) is 1. The molecule has 1 unspecified atom stereocenters. The molecule has 4 heteroatoms. The van der Waals surface area contributed by atoms with Gasteiger partial charge in [0.1, 0.15) is 5.78 Å². The van der Waals surface area contributed by atoms with E-state index in [1.807, 2.05) is 12.1 Å². The van der Waals surface area contributed by atoms with Gasteiger partial charge in [0, 0.05) is 19.0 Å². The summed E-state index contributed by atoms with van der Waals surface area (Å²) in [6.07, 6.45) is 1.51. The van der Waals surface area contributed by atoms with E-state index in [1.165, 1.54) is 11.1 Å². The molecule has 1 aromatic rings. The SMILES string of the molecule is COc1cc2c(cc1OC)C(CC(C)=O)N(C)CC2. The standard InChI is InChI=1S/C15H21NO3/c1-10(17)7-13-12-9-15(19-4)14(18-3)8-11(12)5-6-16(13)2/h8-9,13H,5-7H2,1-4H3. The van der Waals surface area contributed by atoms with Crippen molar-refractivity contribution in [2.24, 2.45) is 0 Å². The lowest BCUT2D eigenvalue weighted by Crippen LogP contribution is -2.33. The molecule has 0 bridgehead atoms. The van der Waals surface area contributed by atoms with Gasteiger partial charge in [0.2, 0.25) is 0 Å². The molecule has 0 radical (unpaired) electrons. The first-order valence-corrected chi connectivity index (χ1v) is 6.51. The lowest BCUT2D eigenvalue weighted by Gasteiger charge is -2.34. The number of rotatable bonds is 4. The van der Waals surface area contributed by atoms with Crippen LogP contribution in [0.2, 0.25) is 0 Å². The van der Waals surface area contributed by atoms with Crippen molar-refractivity contribution in [1.82, 2.24) is 4.90 Å². The Morgan fingerprint density at radius 2 is 1.95 bits per heavy atom. The number of ether oxygens (including phenoxy) is 2. The largest absolute Gasteiger partial charge is 0.493 e. The third-order valence-electron chi connectivity index (χ3n) is 3.75. The van der Waals surface area contributed by atoms with Gasteiger partial charge in [-0.05, 0) is 43.7 Å². The summed E-state index contributed by atoms with van der Waals surface area (Å²) >= 11 is 0. The van der Waals surface area contributed by atoms with Crippen molar-refractivity contribution >= 4 is 5.78 Å². The molecule has 0 saturated heterocycles. The number of hydrogen-bond donors (Lipinski definition) is 0. The number of fused-ring (bicyclic) bond motifs is 1. The van der Waals surface area contributed by atoms with Crippen LogP contribution in [0.25, 0.3) is 0 Å². The van der Waals surface area contributed by atoms with Crippen LogP contribution in [-0.2, 0) is 11.2 Å². The van der Waals surface area contributed by atoms with E-state index in [9.17, 15) is 4.79 Å². The lowest BCUT2D eigenvalue weighted by atomic mass is 9.89. The Morgan fingerprint density at radius 3 is 2.53 bits per heavy atom. The summed E-state index contributed by atoms with van der Waals surface area (Å²) in [5.41, 5.74) is 2.43. The average molecular weight is 263 g/mol. The summed E-state index contributed by atoms with van der Waals surface area (Å²) in [5.74, 6) is 1.69. The molecular formula is C15H21NO3. The Bertz CT molecular complexity index is 485. The van der Waals surface area contributed by atoms with Gasteiger partial charge in [-0.3, -0.25) is 9.69 Å². The number of carbonyl (C=O) groups excluding carboxylic acids is 1. The van der Waals surface area contributed by atoms with Gasteiger partial charge in [0.15, 0.2) is 11.5 Å². The normalized spacial score (nSPS) is 18.8. The summed E-state index contributed by atoms with van der Waals surface area (Å²) in [7, 11) is 5.34. The molecule has 0 spiro atoms. The number of carbonyl (C=O) groups is 1. The van der Waals surface area contributed by atoms with Gasteiger partial charge in [-0.1, -0.05) is 0 Å². The number of benzene rings is 1. The molecule has 1 atom stereocenters. The van der Waals surface area contributed by atoms with Crippen molar-refractivity contribution in [3.8, 4) is 11.5 Å². The zero-order valence-electron chi connectivity index (χ0n) is 12.0. The first kappa shape index (κ1) is 13.9. The summed E-state index contributed by atoms with van der Waals surface area (Å²) in [6.45, 7) is 2.60. The minimum Gasteiger partial charge on any atom is -0.493 e. The molecule has 0 aromatic heterocycles. The second-order valence-electron chi connectivity index (χ2n) is 5.06. The smallest absolute Gasteiger partial charge is 0.161 e. The van der Waals surface area contributed by atoms with Gasteiger partial charge >= 0.3 is 0 Å². The average Bonchev–Trinajstić information content (AvgIpc) is 2.40. The van der Waals surface area contributed by atoms with Crippen LogP contribution in [0.1, 0.15) is 30.5 Å². The van der Waals surface area contributed by atoms with E-state index >= 15 is 0 Å². The fourth-order valence-corrected chi connectivity index (χ4v) is 2.69. The minimum atomic E-state index is 0.140. The van der Waals surface area contributed by atoms with Crippen molar-refractivity contribution < 1.29 is 14.3 Å². The van der Waals surface area contributed by atoms with E-state index < -0.39 is 0 Å². The van der Waals surface area contributed by atoms with E-state index in [0.29, 0.717) is 6.42 Å². The molecule has 2 rings (SSSR count). The molecule has 0 N–H and O–H groups in total. The Hall–Kier alpha value is -1.55. The van der Waals surface area contributed by atoms with Gasteiger partial charge in [0.05, 0.1) is 14.2 Å². The highest BCUT2D eigenvalue weighted by molar-refractivity contribution is 5.76. The fourth-order valence-electron chi connectivity index (χ4n) is 2.69. The second kappa shape index (κ2) is 5.61. The van der Waals surface area contributed by atoms with Crippen LogP contribution in [0.15, 0.2) is 12.1 Å². The fraction of sp³-hybridized carbons (Fsp3) is 0.533. The molecule has 19 heavy (non-hydrogen) atoms. The predicted octanol–water partition coefficient (Wildman–Crippen LogP) is 2.21. The van der Waals surface area contributed by atoms with Gasteiger partial charge in [-0.2, -0.15) is 0 Å². The van der Waals surface area contributed by atoms with Crippen molar-refractivity contribution in [1.29, 1.82) is 0 Å². The van der Waals surface area contributed by atoms with Crippen molar-refractivity contribution in [3.05, 3.63) is 23.3 Å². The Balaban J connectivity index is 2.45. The number of methoxy groups -OCH3 is 2. The Morgan fingerprint density at radius 1 is 1.32 bits per heavy atom. The monoisotopic (exact) mass is 263 g/mol. The topological polar surface area (TPSA) is 38.8 Å². The van der Waals surface area contributed by atoms with E-state index in [4.69, 9.17) is 9.47 Å². The molecule has 4 nitrogen and oxygen atoms in total. The molecule has 1 aliphatic heterocycles. The van der Waals surface area contributed by atoms with Crippen LogP contribution < -0.4 is 9.47 Å². The molecular weight excluding hydrogens is 242 g/mol. The van der Waals surface area contributed by atoms with Crippen LogP contribution in [-0.4, -0.2) is 38.5 Å². The summed E-state index contributed by atoms with van der Waals surface area (Å²) in [5, 5.41) is 0. The minimum absolute atomic E-state index is 0.140. The van der Waals surface area contributed by atoms with Gasteiger partial charge in [-0.15, -0.1) is 0 Å². The first-order valence-electron chi connectivity index (χ1n) is 6.51. The van der Waals surface area contributed by atoms with Crippen LogP contribution in [0, 0.1) is 0 Å². The quantitative estimate of drug-likeness (QED) is 0.835. The molecule has 1 heterocycles. The number of ketones is 1. The first-order chi connectivity index (χ1) is 9.06. The Kier molecular flexibility index (Phi) is 4.10. The zero-order valence-corrected chi connectivity index (χ0v) is 12.0. The predicted molar refractivity (Wildman–Crippen MR) is 73.9 cm³/mol. The molecule has 0 amide bonds. The maximum absolute atomic E-state index is 11.5. The van der Waals surface area contributed by atoms with E-state index in [2.05, 4.69) is 11.9 Å². The third kappa shape index (κ3) is 2.73. The highest BCUT2D eigenvalue weighted by atomic mass is 16.5. The molecule has 0 saturated carbocycles. The molecule has 104 valence electrons. The molecule has 1 aliphatic rings. The van der Waals surface area contributed by atoms with Crippen LogP contribution in [0.3, 0.4) is 0 Å². The van der Waals surface area contributed by atoms with Gasteiger partial charge in [0.25, 0.3) is 0 Å². The molecule has 0 fully saturated rings. The lowest BCUT2D eigenvalue weighted by molar-refractivity contribution is -0.118. The summed E-state index contributed by atoms with van der Waals surface area (Å²) in [6, 6.07) is 4.19. The number of nitrogens with zero attached hydrogens (tertiary/aromatic N) is 1. The van der Waals surface area contributed by atoms with E-state index in [-0.39, 0.29) is 11.8 Å².